The van der Waals surface area contributed by atoms with Crippen LogP contribution >= 0.6 is 0 Å². The summed E-state index contributed by atoms with van der Waals surface area (Å²) in [7, 11) is 0. The molecule has 0 bridgehead atoms. The zero-order valence-electron chi connectivity index (χ0n) is 12.8. The molecule has 2 N–H and O–H groups in total. The summed E-state index contributed by atoms with van der Waals surface area (Å²) in [6, 6.07) is 11.5. The fraction of sp³-hybridized carbons (Fsp3) is 0.167. The first-order valence-electron chi connectivity index (χ1n) is 7.12. The van der Waals surface area contributed by atoms with Crippen molar-refractivity contribution in [3.63, 3.8) is 0 Å². The maximum absolute atomic E-state index is 12.1. The average Bonchev–Trinajstić information content (AvgIpc) is 2.54. The second kappa shape index (κ2) is 6.35. The number of phenolic OH excluding ortho intramolecular Hbond substituents is 2. The zero-order valence-corrected chi connectivity index (χ0v) is 12.8. The van der Waals surface area contributed by atoms with E-state index in [4.69, 9.17) is 4.42 Å². The fourth-order valence-electron chi connectivity index (χ4n) is 2.05. The van der Waals surface area contributed by atoms with Gasteiger partial charge in [-0.25, -0.2) is 0 Å². The topological polar surface area (TPSA) is 70.7 Å². The van der Waals surface area contributed by atoms with Crippen LogP contribution < -0.4 is 5.43 Å². The molecule has 3 rings (SSSR count). The Bertz CT molecular complexity index is 845. The van der Waals surface area contributed by atoms with E-state index in [1.165, 1.54) is 18.2 Å². The number of aromatic hydroxyl groups is 2. The first-order chi connectivity index (χ1) is 10.6. The van der Waals surface area contributed by atoms with Gasteiger partial charge in [-0.2, -0.15) is 0 Å². The van der Waals surface area contributed by atoms with E-state index >= 15 is 0 Å². The van der Waals surface area contributed by atoms with E-state index in [0.717, 1.165) is 11.1 Å². The Morgan fingerprint density at radius 1 is 0.955 bits per heavy atom. The van der Waals surface area contributed by atoms with Crippen molar-refractivity contribution in [2.75, 3.05) is 0 Å². The van der Waals surface area contributed by atoms with Crippen molar-refractivity contribution in [2.45, 2.75) is 20.8 Å². The molecular weight excluding hydrogens is 280 g/mol. The second-order valence-corrected chi connectivity index (χ2v) is 4.65. The van der Waals surface area contributed by atoms with Gasteiger partial charge >= 0.3 is 0 Å². The Kier molecular flexibility index (Phi) is 4.51. The van der Waals surface area contributed by atoms with E-state index in [0.29, 0.717) is 5.76 Å². The third kappa shape index (κ3) is 2.81. The smallest absolute Gasteiger partial charge is 0.201 e. The Morgan fingerprint density at radius 3 is 2.23 bits per heavy atom. The van der Waals surface area contributed by atoms with Crippen LogP contribution in [0.4, 0.5) is 0 Å². The number of hydrogen-bond acceptors (Lipinski definition) is 4. The molecule has 1 aromatic heterocycles. The molecule has 4 heteroatoms. The lowest BCUT2D eigenvalue weighted by molar-refractivity contribution is 0.400. The van der Waals surface area contributed by atoms with Crippen LogP contribution in [0.1, 0.15) is 19.4 Å². The summed E-state index contributed by atoms with van der Waals surface area (Å²) in [5, 5.41) is 19.5. The molecule has 1 heterocycles. The SMILES string of the molecule is CC.Cc1ccc(-c2cc(=O)c3ccc(O)c(O)c3o2)cc1. The van der Waals surface area contributed by atoms with Crippen LogP contribution in [0.2, 0.25) is 0 Å². The van der Waals surface area contributed by atoms with E-state index in [1.54, 1.807) is 0 Å². The Hall–Kier alpha value is -2.75. The minimum Gasteiger partial charge on any atom is -0.504 e. The summed E-state index contributed by atoms with van der Waals surface area (Å²) >= 11 is 0. The third-order valence-corrected chi connectivity index (χ3v) is 3.19. The number of aryl methyl sites for hydroxylation is 1. The highest BCUT2D eigenvalue weighted by atomic mass is 16.4. The molecule has 114 valence electrons. The minimum absolute atomic E-state index is 0.00641. The van der Waals surface area contributed by atoms with E-state index in [2.05, 4.69) is 0 Å². The quantitative estimate of drug-likeness (QED) is 0.660. The van der Waals surface area contributed by atoms with Crippen LogP contribution in [0.15, 0.2) is 51.7 Å². The molecule has 0 aliphatic rings. The standard InChI is InChI=1S/C16H12O4.C2H6/c1-9-2-4-10(5-3-9)14-8-13(18)11-6-7-12(17)15(19)16(11)20-14;1-2/h2-8,17,19H,1H3;1-2H3. The maximum Gasteiger partial charge on any atom is 0.201 e. The lowest BCUT2D eigenvalue weighted by atomic mass is 10.1. The molecule has 0 saturated carbocycles. The summed E-state index contributed by atoms with van der Waals surface area (Å²) in [6.07, 6.45) is 0. The van der Waals surface area contributed by atoms with Crippen molar-refractivity contribution >= 4 is 11.0 Å². The van der Waals surface area contributed by atoms with Crippen LogP contribution in [-0.2, 0) is 0 Å². The summed E-state index contributed by atoms with van der Waals surface area (Å²) < 4.78 is 5.57. The third-order valence-electron chi connectivity index (χ3n) is 3.19. The van der Waals surface area contributed by atoms with Crippen molar-refractivity contribution in [1.82, 2.24) is 0 Å². The molecule has 0 aliphatic carbocycles. The Balaban J connectivity index is 0.000000847. The van der Waals surface area contributed by atoms with Gasteiger partial charge in [0.15, 0.2) is 16.8 Å². The normalized spacial score (nSPS) is 10.1. The predicted octanol–water partition coefficient (Wildman–Crippen LogP) is 4.21. The van der Waals surface area contributed by atoms with Gasteiger partial charge in [-0.05, 0) is 19.1 Å². The van der Waals surface area contributed by atoms with E-state index in [-0.39, 0.29) is 22.1 Å². The number of fused-ring (bicyclic) bond motifs is 1. The van der Waals surface area contributed by atoms with Crippen LogP contribution in [0.25, 0.3) is 22.3 Å². The van der Waals surface area contributed by atoms with Crippen LogP contribution in [0, 0.1) is 6.92 Å². The lowest BCUT2D eigenvalue weighted by Crippen LogP contribution is -2.00. The van der Waals surface area contributed by atoms with Crippen LogP contribution in [0.5, 0.6) is 11.5 Å². The van der Waals surface area contributed by atoms with E-state index < -0.39 is 5.75 Å². The largest absolute Gasteiger partial charge is 0.504 e. The Labute approximate surface area is 128 Å². The van der Waals surface area contributed by atoms with Gasteiger partial charge in [-0.15, -0.1) is 0 Å². The van der Waals surface area contributed by atoms with Crippen LogP contribution in [0.3, 0.4) is 0 Å². The maximum atomic E-state index is 12.1. The van der Waals surface area contributed by atoms with Gasteiger partial charge in [0.25, 0.3) is 0 Å². The summed E-state index contributed by atoms with van der Waals surface area (Å²) in [5.41, 5.74) is 1.56. The minimum atomic E-state index is -0.423. The molecule has 0 radical (unpaired) electrons. The molecule has 0 atom stereocenters. The second-order valence-electron chi connectivity index (χ2n) is 4.65. The van der Waals surface area contributed by atoms with Gasteiger partial charge in [0.1, 0.15) is 5.76 Å². The first-order valence-corrected chi connectivity index (χ1v) is 7.12. The highest BCUT2D eigenvalue weighted by Crippen LogP contribution is 2.34. The van der Waals surface area contributed by atoms with Crippen molar-refractivity contribution in [2.24, 2.45) is 0 Å². The van der Waals surface area contributed by atoms with E-state index in [1.807, 2.05) is 45.0 Å². The summed E-state index contributed by atoms with van der Waals surface area (Å²) in [4.78, 5) is 12.1. The number of phenols is 2. The van der Waals surface area contributed by atoms with Gasteiger partial charge in [-0.1, -0.05) is 43.7 Å². The number of rotatable bonds is 1. The number of benzene rings is 2. The molecule has 0 saturated heterocycles. The lowest BCUT2D eigenvalue weighted by Gasteiger charge is -2.06. The molecular formula is C18H18O4. The molecule has 3 aromatic rings. The monoisotopic (exact) mass is 298 g/mol. The predicted molar refractivity (Wildman–Crippen MR) is 87.3 cm³/mol. The molecule has 4 nitrogen and oxygen atoms in total. The zero-order chi connectivity index (χ0) is 16.3. The van der Waals surface area contributed by atoms with Crippen molar-refractivity contribution in [1.29, 1.82) is 0 Å². The van der Waals surface area contributed by atoms with Crippen molar-refractivity contribution in [3.05, 3.63) is 58.3 Å². The van der Waals surface area contributed by atoms with Crippen molar-refractivity contribution < 1.29 is 14.6 Å². The highest BCUT2D eigenvalue weighted by Gasteiger charge is 2.13. The van der Waals surface area contributed by atoms with Crippen LogP contribution in [-0.4, -0.2) is 10.2 Å². The molecule has 0 amide bonds. The van der Waals surface area contributed by atoms with Gasteiger partial charge < -0.3 is 14.6 Å². The average molecular weight is 298 g/mol. The number of hydrogen-bond donors (Lipinski definition) is 2. The van der Waals surface area contributed by atoms with Gasteiger partial charge in [0.05, 0.1) is 5.39 Å². The summed E-state index contributed by atoms with van der Waals surface area (Å²) in [5.74, 6) is -0.390. The molecule has 0 fully saturated rings. The molecule has 0 aliphatic heterocycles. The molecule has 2 aromatic carbocycles. The highest BCUT2D eigenvalue weighted by molar-refractivity contribution is 5.86. The fourth-order valence-corrected chi connectivity index (χ4v) is 2.05. The van der Waals surface area contributed by atoms with E-state index in [9.17, 15) is 15.0 Å². The van der Waals surface area contributed by atoms with Gasteiger partial charge in [-0.3, -0.25) is 4.79 Å². The molecule has 0 unspecified atom stereocenters. The first kappa shape index (κ1) is 15.6. The Morgan fingerprint density at radius 2 is 1.59 bits per heavy atom. The van der Waals surface area contributed by atoms with Gasteiger partial charge in [0.2, 0.25) is 5.75 Å². The molecule has 22 heavy (non-hydrogen) atoms. The molecule has 0 spiro atoms. The van der Waals surface area contributed by atoms with Crippen molar-refractivity contribution in [3.8, 4) is 22.8 Å². The summed E-state index contributed by atoms with van der Waals surface area (Å²) in [6.45, 7) is 5.96. The van der Waals surface area contributed by atoms with Gasteiger partial charge in [0, 0.05) is 11.6 Å².